The molecule has 1 aliphatic rings. The van der Waals surface area contributed by atoms with Crippen molar-refractivity contribution in [1.29, 1.82) is 0 Å². The molecule has 0 unspecified atom stereocenters. The number of nitrogens with zero attached hydrogens (tertiary/aromatic N) is 2. The largest absolute Gasteiger partial charge is 0.266 e. The van der Waals surface area contributed by atoms with Gasteiger partial charge in [0.1, 0.15) is 5.16 Å². The van der Waals surface area contributed by atoms with Crippen molar-refractivity contribution in [1.82, 2.24) is 5.43 Å². The maximum Gasteiger partial charge on any atom is 0.157 e. The zero-order valence-corrected chi connectivity index (χ0v) is 9.55. The summed E-state index contributed by atoms with van der Waals surface area (Å²) < 4.78 is 0. The Bertz CT molecular complexity index is 426. The summed E-state index contributed by atoms with van der Waals surface area (Å²) in [6.45, 7) is 1.81. The van der Waals surface area contributed by atoms with Crippen LogP contribution in [0, 0.1) is 0 Å². The van der Waals surface area contributed by atoms with E-state index < -0.39 is 0 Å². The van der Waals surface area contributed by atoms with Crippen LogP contribution in [0.2, 0.25) is 0 Å². The first-order chi connectivity index (χ1) is 7.18. The van der Waals surface area contributed by atoms with E-state index in [1.807, 2.05) is 37.3 Å². The molecule has 1 N–H and O–H groups in total. The first-order valence-corrected chi connectivity index (χ1v) is 5.17. The molecule has 0 saturated carbocycles. The maximum absolute atomic E-state index is 5.97. The van der Waals surface area contributed by atoms with E-state index in [2.05, 4.69) is 10.5 Å². The second kappa shape index (κ2) is 4.13. The Balaban J connectivity index is 2.30. The fourth-order valence-electron chi connectivity index (χ4n) is 1.15. The van der Waals surface area contributed by atoms with Gasteiger partial charge in [0.15, 0.2) is 5.17 Å². The molecule has 1 aliphatic heterocycles. The summed E-state index contributed by atoms with van der Waals surface area (Å²) in [5, 5.41) is 6.56. The second-order valence-electron chi connectivity index (χ2n) is 3.09. The van der Waals surface area contributed by atoms with Crippen molar-refractivity contribution < 1.29 is 0 Å². The highest BCUT2D eigenvalue weighted by Crippen LogP contribution is 2.21. The first-order valence-electron chi connectivity index (χ1n) is 4.41. The van der Waals surface area contributed by atoms with E-state index >= 15 is 0 Å². The van der Waals surface area contributed by atoms with Gasteiger partial charge in [-0.1, -0.05) is 41.4 Å². The first kappa shape index (κ1) is 10.3. The standard InChI is InChI=1S/C10H9Cl2N3/c1-7-9(11)13-15(14-10(7)12)8-5-3-2-4-6-8/h2-6,13H,1H3. The summed E-state index contributed by atoms with van der Waals surface area (Å²) in [7, 11) is 0. The molecule has 1 aromatic carbocycles. The molecule has 3 nitrogen and oxygen atoms in total. The van der Waals surface area contributed by atoms with Gasteiger partial charge in [0.2, 0.25) is 0 Å². The summed E-state index contributed by atoms with van der Waals surface area (Å²) in [5.41, 5.74) is 4.54. The highest BCUT2D eigenvalue weighted by atomic mass is 35.5. The third-order valence-corrected chi connectivity index (χ3v) is 2.76. The van der Waals surface area contributed by atoms with Crippen LogP contribution in [0.1, 0.15) is 6.92 Å². The fraction of sp³-hybridized carbons (Fsp3) is 0.100. The molecule has 1 aromatic rings. The Morgan fingerprint density at radius 2 is 1.87 bits per heavy atom. The smallest absolute Gasteiger partial charge is 0.157 e. The van der Waals surface area contributed by atoms with Gasteiger partial charge in [0.05, 0.1) is 5.69 Å². The molecule has 0 aromatic heterocycles. The summed E-state index contributed by atoms with van der Waals surface area (Å²) in [5.74, 6) is 0. The molecule has 0 aliphatic carbocycles. The Morgan fingerprint density at radius 1 is 1.20 bits per heavy atom. The van der Waals surface area contributed by atoms with E-state index in [0.29, 0.717) is 10.3 Å². The van der Waals surface area contributed by atoms with Crippen molar-refractivity contribution in [2.75, 3.05) is 5.12 Å². The molecular formula is C10H9Cl2N3. The molecule has 0 spiro atoms. The number of hydrazine groups is 1. The quantitative estimate of drug-likeness (QED) is 0.766. The molecule has 0 saturated heterocycles. The highest BCUT2D eigenvalue weighted by molar-refractivity contribution is 6.70. The van der Waals surface area contributed by atoms with Crippen LogP contribution < -0.4 is 10.5 Å². The molecule has 2 rings (SSSR count). The molecule has 0 fully saturated rings. The van der Waals surface area contributed by atoms with Gasteiger partial charge in [-0.05, 0) is 19.1 Å². The lowest BCUT2D eigenvalue weighted by Crippen LogP contribution is -2.36. The monoisotopic (exact) mass is 241 g/mol. The molecule has 5 heteroatoms. The number of allylic oxidation sites excluding steroid dienone is 1. The van der Waals surface area contributed by atoms with E-state index in [9.17, 15) is 0 Å². The second-order valence-corrected chi connectivity index (χ2v) is 3.82. The van der Waals surface area contributed by atoms with Crippen LogP contribution in [0.25, 0.3) is 0 Å². The van der Waals surface area contributed by atoms with Crippen molar-refractivity contribution >= 4 is 34.1 Å². The Labute approximate surface area is 97.9 Å². The molecule has 0 bridgehead atoms. The maximum atomic E-state index is 5.97. The number of benzene rings is 1. The predicted octanol–water partition coefficient (Wildman–Crippen LogP) is 3.03. The molecular weight excluding hydrogens is 233 g/mol. The van der Waals surface area contributed by atoms with Crippen molar-refractivity contribution in [3.8, 4) is 0 Å². The number of rotatable bonds is 1. The lowest BCUT2D eigenvalue weighted by Gasteiger charge is -2.25. The minimum atomic E-state index is 0.391. The van der Waals surface area contributed by atoms with Crippen LogP contribution in [0.4, 0.5) is 5.69 Å². The number of halogens is 2. The number of hydrogen-bond acceptors (Lipinski definition) is 3. The molecule has 0 atom stereocenters. The highest BCUT2D eigenvalue weighted by Gasteiger charge is 2.16. The van der Waals surface area contributed by atoms with Crippen molar-refractivity contribution in [3.63, 3.8) is 0 Å². The van der Waals surface area contributed by atoms with Gasteiger partial charge in [0, 0.05) is 5.57 Å². The number of hydrogen-bond donors (Lipinski definition) is 1. The van der Waals surface area contributed by atoms with Gasteiger partial charge in [-0.2, -0.15) is 5.12 Å². The van der Waals surface area contributed by atoms with Crippen LogP contribution in [0.5, 0.6) is 0 Å². The van der Waals surface area contributed by atoms with Crippen molar-refractivity contribution in [2.45, 2.75) is 6.92 Å². The van der Waals surface area contributed by atoms with Crippen LogP contribution >= 0.6 is 23.2 Å². The number of hydrazone groups is 1. The number of anilines is 1. The van der Waals surface area contributed by atoms with Crippen LogP contribution in [0.3, 0.4) is 0 Å². The van der Waals surface area contributed by atoms with E-state index in [1.165, 1.54) is 5.12 Å². The molecule has 78 valence electrons. The minimum absolute atomic E-state index is 0.391. The molecule has 15 heavy (non-hydrogen) atoms. The van der Waals surface area contributed by atoms with E-state index in [1.54, 1.807) is 0 Å². The van der Waals surface area contributed by atoms with Crippen molar-refractivity contribution in [2.24, 2.45) is 5.10 Å². The molecule has 0 radical (unpaired) electrons. The van der Waals surface area contributed by atoms with E-state index in [0.717, 1.165) is 11.3 Å². The third-order valence-electron chi connectivity index (χ3n) is 2.03. The zero-order chi connectivity index (χ0) is 10.8. The molecule has 1 heterocycles. The van der Waals surface area contributed by atoms with Gasteiger partial charge in [-0.3, -0.25) is 5.43 Å². The van der Waals surface area contributed by atoms with Gasteiger partial charge in [-0.15, -0.1) is 5.10 Å². The van der Waals surface area contributed by atoms with Gasteiger partial charge in [0.25, 0.3) is 0 Å². The minimum Gasteiger partial charge on any atom is -0.266 e. The third kappa shape index (κ3) is 2.08. The lowest BCUT2D eigenvalue weighted by molar-refractivity contribution is 0.753. The van der Waals surface area contributed by atoms with E-state index in [4.69, 9.17) is 23.2 Å². The van der Waals surface area contributed by atoms with Crippen LogP contribution in [-0.2, 0) is 0 Å². The summed E-state index contributed by atoms with van der Waals surface area (Å²) in [4.78, 5) is 0. The topological polar surface area (TPSA) is 27.6 Å². The molecule has 0 amide bonds. The summed E-state index contributed by atoms with van der Waals surface area (Å²) >= 11 is 11.9. The van der Waals surface area contributed by atoms with Crippen molar-refractivity contribution in [3.05, 3.63) is 41.1 Å². The van der Waals surface area contributed by atoms with E-state index in [-0.39, 0.29) is 0 Å². The number of para-hydroxylation sites is 1. The van der Waals surface area contributed by atoms with Gasteiger partial charge in [-0.25, -0.2) is 0 Å². The van der Waals surface area contributed by atoms with Crippen LogP contribution in [-0.4, -0.2) is 5.17 Å². The van der Waals surface area contributed by atoms with Gasteiger partial charge >= 0.3 is 0 Å². The summed E-state index contributed by atoms with van der Waals surface area (Å²) in [6.07, 6.45) is 0. The van der Waals surface area contributed by atoms with Gasteiger partial charge < -0.3 is 0 Å². The Kier molecular flexibility index (Phi) is 2.84. The average Bonchev–Trinajstić information content (AvgIpc) is 2.26. The summed E-state index contributed by atoms with van der Waals surface area (Å²) in [6, 6.07) is 9.58. The Morgan fingerprint density at radius 3 is 2.47 bits per heavy atom. The average molecular weight is 242 g/mol. The number of nitrogens with one attached hydrogen (secondary N) is 1. The predicted molar refractivity (Wildman–Crippen MR) is 63.9 cm³/mol. The normalized spacial score (nSPS) is 16.2. The van der Waals surface area contributed by atoms with Crippen LogP contribution in [0.15, 0.2) is 46.2 Å². The Hall–Kier alpha value is -1.19. The SMILES string of the molecule is CC1=C(Cl)NN(c2ccccc2)N=C1Cl. The zero-order valence-electron chi connectivity index (χ0n) is 8.04. The lowest BCUT2D eigenvalue weighted by atomic mass is 10.3. The fourth-order valence-corrected chi connectivity index (χ4v) is 1.53.